The molecule has 0 atom stereocenters. The number of furan rings is 2. The molecule has 5 heterocycles. The van der Waals surface area contributed by atoms with Crippen molar-refractivity contribution < 1.29 is 8.83 Å². The number of benzene rings is 10. The predicted octanol–water partition coefficient (Wildman–Crippen LogP) is 16.5. The molecule has 7 nitrogen and oxygen atoms in total. The van der Waals surface area contributed by atoms with Gasteiger partial charge in [0.25, 0.3) is 0 Å². The van der Waals surface area contributed by atoms with Gasteiger partial charge in [-0.15, -0.1) is 0 Å². The van der Waals surface area contributed by atoms with E-state index < -0.39 is 0 Å². The van der Waals surface area contributed by atoms with Crippen LogP contribution in [-0.2, 0) is 0 Å². The summed E-state index contributed by atoms with van der Waals surface area (Å²) >= 11 is 0. The smallest absolute Gasteiger partial charge is 0.238 e. The second-order valence-electron chi connectivity index (χ2n) is 17.9. The van der Waals surface area contributed by atoms with Crippen molar-refractivity contribution in [3.05, 3.63) is 224 Å². The average Bonchev–Trinajstić information content (AvgIpc) is 4.19. The van der Waals surface area contributed by atoms with Gasteiger partial charge >= 0.3 is 0 Å². The van der Waals surface area contributed by atoms with E-state index in [0.717, 1.165) is 121 Å². The maximum absolute atomic E-state index is 6.69. The number of nitrogens with zero attached hydrogens (tertiary/aromatic N) is 5. The number of para-hydroxylation sites is 3. The Bertz CT molecular complexity index is 4580. The molecule has 326 valence electrons. The molecule has 70 heavy (non-hydrogen) atoms. The Kier molecular flexibility index (Phi) is 8.23. The van der Waals surface area contributed by atoms with Crippen molar-refractivity contribution in [2.45, 2.75) is 0 Å². The minimum atomic E-state index is 0.519. The first-order valence-corrected chi connectivity index (χ1v) is 23.5. The summed E-state index contributed by atoms with van der Waals surface area (Å²) in [4.78, 5) is 16.3. The highest BCUT2D eigenvalue weighted by atomic mass is 16.3. The van der Waals surface area contributed by atoms with Gasteiger partial charge in [-0.1, -0.05) is 170 Å². The van der Waals surface area contributed by atoms with Crippen molar-refractivity contribution in [3.63, 3.8) is 0 Å². The molecule has 15 aromatic rings. The highest BCUT2D eigenvalue weighted by molar-refractivity contribution is 6.24. The van der Waals surface area contributed by atoms with Crippen LogP contribution in [0, 0.1) is 0 Å². The maximum atomic E-state index is 6.69. The third-order valence-corrected chi connectivity index (χ3v) is 14.0. The summed E-state index contributed by atoms with van der Waals surface area (Å²) in [6.07, 6.45) is 0. The van der Waals surface area contributed by atoms with Crippen LogP contribution in [0.5, 0.6) is 0 Å². The summed E-state index contributed by atoms with van der Waals surface area (Å²) in [5.41, 5.74) is 14.6. The molecule has 0 fully saturated rings. The van der Waals surface area contributed by atoms with E-state index in [4.69, 9.17) is 23.8 Å². The fraction of sp³-hybridized carbons (Fsp3) is 0. The molecule has 0 aliphatic rings. The van der Waals surface area contributed by atoms with E-state index in [0.29, 0.717) is 17.6 Å². The molecule has 0 radical (unpaired) electrons. The molecule has 0 unspecified atom stereocenters. The van der Waals surface area contributed by atoms with Crippen LogP contribution in [0.2, 0.25) is 0 Å². The number of fused-ring (bicyclic) bond motifs is 13. The van der Waals surface area contributed by atoms with Gasteiger partial charge in [0.1, 0.15) is 22.3 Å². The van der Waals surface area contributed by atoms with Crippen LogP contribution in [-0.4, -0.2) is 24.1 Å². The van der Waals surface area contributed by atoms with Gasteiger partial charge in [-0.3, -0.25) is 4.57 Å². The summed E-state index contributed by atoms with van der Waals surface area (Å²) in [5.74, 6) is 1.63. The Morgan fingerprint density at radius 2 is 0.814 bits per heavy atom. The lowest BCUT2D eigenvalue weighted by Gasteiger charge is -2.13. The van der Waals surface area contributed by atoms with Crippen LogP contribution in [0.3, 0.4) is 0 Å². The standard InChI is InChI=1S/C63H37N5O2/c1-4-17-38(18-5-1)42-25-14-31-54-57(42)58-43(26-15-32-55(58)70-54)40-33-36-52-49(37-40)56-48(27-16-30-53(56)69-52)62-64-61(39-19-6-2-7-20-39)65-63(66-62)68-51-29-13-11-24-45(51)47-35-34-46-44-23-10-12-28-50(44)67(59(46)60(47)68)41-21-8-3-9-22-41/h1-37H. The molecular weight excluding hydrogens is 859 g/mol. The first-order chi connectivity index (χ1) is 34.7. The number of hydrogen-bond acceptors (Lipinski definition) is 5. The van der Waals surface area contributed by atoms with E-state index in [9.17, 15) is 0 Å². The van der Waals surface area contributed by atoms with Crippen LogP contribution < -0.4 is 0 Å². The third kappa shape index (κ3) is 5.66. The molecule has 7 heteroatoms. The molecule has 10 aromatic carbocycles. The van der Waals surface area contributed by atoms with Crippen molar-refractivity contribution in [1.29, 1.82) is 0 Å². The second-order valence-corrected chi connectivity index (χ2v) is 17.9. The maximum Gasteiger partial charge on any atom is 0.238 e. The molecule has 5 aromatic heterocycles. The van der Waals surface area contributed by atoms with Crippen LogP contribution in [0.4, 0.5) is 0 Å². The van der Waals surface area contributed by atoms with E-state index in [1.54, 1.807) is 0 Å². The second kappa shape index (κ2) is 15.0. The van der Waals surface area contributed by atoms with Crippen LogP contribution >= 0.6 is 0 Å². The zero-order valence-corrected chi connectivity index (χ0v) is 37.4. The lowest BCUT2D eigenvalue weighted by atomic mass is 9.94. The Hall–Kier alpha value is -9.59. The molecule has 0 amide bonds. The SMILES string of the molecule is c1ccc(-c2nc(-c3cccc4oc5ccc(-c6cccc7oc8cccc(-c9ccccc9)c8c67)cc5c34)nc(-n3c4ccccc4c4ccc5c6ccccc6n(-c6ccccc6)c5c43)n2)cc1. The largest absolute Gasteiger partial charge is 0.456 e. The van der Waals surface area contributed by atoms with Crippen LogP contribution in [0.15, 0.2) is 233 Å². The van der Waals surface area contributed by atoms with E-state index in [-0.39, 0.29) is 0 Å². The van der Waals surface area contributed by atoms with Crippen molar-refractivity contribution >= 4 is 87.5 Å². The molecule has 15 rings (SSSR count). The first kappa shape index (κ1) is 38.5. The summed E-state index contributed by atoms with van der Waals surface area (Å²) in [6, 6.07) is 78.3. The van der Waals surface area contributed by atoms with Crippen molar-refractivity contribution in [1.82, 2.24) is 24.1 Å². The van der Waals surface area contributed by atoms with Gasteiger partial charge < -0.3 is 13.4 Å². The van der Waals surface area contributed by atoms with Crippen molar-refractivity contribution in [2.24, 2.45) is 0 Å². The molecule has 0 saturated heterocycles. The lowest BCUT2D eigenvalue weighted by Crippen LogP contribution is -2.07. The fourth-order valence-electron chi connectivity index (χ4n) is 11.0. The normalized spacial score (nSPS) is 12.0. The number of rotatable bonds is 6. The highest BCUT2D eigenvalue weighted by Crippen LogP contribution is 2.45. The Morgan fingerprint density at radius 1 is 0.300 bits per heavy atom. The van der Waals surface area contributed by atoms with Gasteiger partial charge in [-0.05, 0) is 76.9 Å². The average molecular weight is 896 g/mol. The zero-order chi connectivity index (χ0) is 45.9. The lowest BCUT2D eigenvalue weighted by molar-refractivity contribution is 0.669. The summed E-state index contributed by atoms with van der Waals surface area (Å²) in [6.45, 7) is 0. The van der Waals surface area contributed by atoms with Crippen molar-refractivity contribution in [3.8, 4) is 56.7 Å². The summed E-state index contributed by atoms with van der Waals surface area (Å²) in [5, 5.41) is 8.60. The highest BCUT2D eigenvalue weighted by Gasteiger charge is 2.25. The zero-order valence-electron chi connectivity index (χ0n) is 37.4. The minimum absolute atomic E-state index is 0.519. The van der Waals surface area contributed by atoms with Gasteiger partial charge in [-0.2, -0.15) is 9.97 Å². The number of hydrogen-bond donors (Lipinski definition) is 0. The van der Waals surface area contributed by atoms with Crippen LogP contribution in [0.25, 0.3) is 144 Å². The van der Waals surface area contributed by atoms with E-state index in [2.05, 4.69) is 203 Å². The van der Waals surface area contributed by atoms with E-state index in [1.807, 2.05) is 30.3 Å². The molecule has 0 N–H and O–H groups in total. The van der Waals surface area contributed by atoms with Crippen molar-refractivity contribution in [2.75, 3.05) is 0 Å². The fourth-order valence-corrected chi connectivity index (χ4v) is 11.0. The van der Waals surface area contributed by atoms with E-state index >= 15 is 0 Å². The van der Waals surface area contributed by atoms with Gasteiger partial charge in [0, 0.05) is 59.9 Å². The van der Waals surface area contributed by atoms with Gasteiger partial charge in [-0.25, -0.2) is 4.98 Å². The van der Waals surface area contributed by atoms with Gasteiger partial charge in [0.2, 0.25) is 5.95 Å². The van der Waals surface area contributed by atoms with Crippen LogP contribution in [0.1, 0.15) is 0 Å². The molecule has 0 bridgehead atoms. The third-order valence-electron chi connectivity index (χ3n) is 14.0. The Balaban J connectivity index is 1.00. The molecule has 0 spiro atoms. The summed E-state index contributed by atoms with van der Waals surface area (Å²) < 4.78 is 17.9. The van der Waals surface area contributed by atoms with E-state index in [1.165, 1.54) is 5.39 Å². The predicted molar refractivity (Wildman–Crippen MR) is 285 cm³/mol. The Morgan fingerprint density at radius 3 is 1.49 bits per heavy atom. The first-order valence-electron chi connectivity index (χ1n) is 23.5. The summed E-state index contributed by atoms with van der Waals surface area (Å²) in [7, 11) is 0. The minimum Gasteiger partial charge on any atom is -0.456 e. The molecular formula is C63H37N5O2. The molecule has 0 aliphatic carbocycles. The van der Waals surface area contributed by atoms with Gasteiger partial charge in [0.05, 0.1) is 22.1 Å². The molecule has 0 aliphatic heterocycles. The number of aromatic nitrogens is 5. The monoisotopic (exact) mass is 895 g/mol. The molecule has 0 saturated carbocycles. The van der Waals surface area contributed by atoms with Gasteiger partial charge in [0.15, 0.2) is 11.6 Å². The quantitative estimate of drug-likeness (QED) is 0.166. The topological polar surface area (TPSA) is 74.8 Å². The Labute approximate surface area is 399 Å².